The summed E-state index contributed by atoms with van der Waals surface area (Å²) in [5.74, 6) is -0.509. The van der Waals surface area contributed by atoms with Gasteiger partial charge in [-0.15, -0.1) is 0 Å². The predicted molar refractivity (Wildman–Crippen MR) is 369 cm³/mol. The van der Waals surface area contributed by atoms with E-state index in [0.717, 1.165) is 109 Å². The molecular formula is C75H136N2O7P+. The number of allylic oxidation sites excluding steroid dienone is 15. The first-order valence-electron chi connectivity index (χ1n) is 35.6. The normalized spacial score (nSPS) is 14.1. The third kappa shape index (κ3) is 65.2. The van der Waals surface area contributed by atoms with Crippen molar-refractivity contribution < 1.29 is 37.3 Å². The monoisotopic (exact) mass is 1210 g/mol. The first kappa shape index (κ1) is 81.9. The highest BCUT2D eigenvalue weighted by molar-refractivity contribution is 7.47. The molecule has 1 amide bonds. The molecule has 0 bridgehead atoms. The molecule has 9 nitrogen and oxygen atoms in total. The lowest BCUT2D eigenvalue weighted by Crippen LogP contribution is -2.47. The third-order valence-corrected chi connectivity index (χ3v) is 16.5. The van der Waals surface area contributed by atoms with Gasteiger partial charge in [0, 0.05) is 12.8 Å². The molecule has 0 aliphatic carbocycles. The number of ether oxygens (including phenoxy) is 1. The van der Waals surface area contributed by atoms with Crippen LogP contribution >= 0.6 is 7.82 Å². The minimum absolute atomic E-state index is 0.0357. The number of phosphoric acid groups is 1. The van der Waals surface area contributed by atoms with Crippen LogP contribution in [-0.4, -0.2) is 74.3 Å². The molecule has 0 aromatic heterocycles. The van der Waals surface area contributed by atoms with Gasteiger partial charge in [0.1, 0.15) is 19.3 Å². The molecule has 2 N–H and O–H groups in total. The first-order chi connectivity index (χ1) is 41.4. The summed E-state index contributed by atoms with van der Waals surface area (Å²) < 4.78 is 30.8. The Morgan fingerprint density at radius 3 is 1.15 bits per heavy atom. The van der Waals surface area contributed by atoms with Gasteiger partial charge in [0.2, 0.25) is 5.91 Å². The Labute approximate surface area is 526 Å². The zero-order valence-electron chi connectivity index (χ0n) is 56.3. The van der Waals surface area contributed by atoms with Crippen LogP contribution in [0.1, 0.15) is 316 Å². The van der Waals surface area contributed by atoms with Gasteiger partial charge in [-0.25, -0.2) is 4.57 Å². The number of rotatable bonds is 64. The van der Waals surface area contributed by atoms with Crippen LogP contribution in [0.5, 0.6) is 0 Å². The van der Waals surface area contributed by atoms with Crippen molar-refractivity contribution in [3.63, 3.8) is 0 Å². The Bertz CT molecular complexity index is 1780. The summed E-state index contributed by atoms with van der Waals surface area (Å²) in [5.41, 5.74) is 0. The molecule has 0 radical (unpaired) electrons. The highest BCUT2D eigenvalue weighted by Gasteiger charge is 2.30. The number of esters is 1. The first-order valence-corrected chi connectivity index (χ1v) is 37.1. The number of hydrogen-bond donors (Lipinski definition) is 2. The maximum absolute atomic E-state index is 13.6. The SMILES string of the molecule is CC/C=C\C/C=C\C/C=C\C/C=C\C/C=C\CCCCCCCCCCCC(=O)NC(COP(=O)(O)OCC[N+](C)(C)C)C(/C=C/CCCCCCCCCCC)OC(=O)CCCCCCCCCCCCCCC/C=C\C/C=C\CCCCC. The molecule has 0 aromatic rings. The van der Waals surface area contributed by atoms with E-state index >= 15 is 0 Å². The molecule has 85 heavy (non-hydrogen) atoms. The number of carbonyl (C=O) groups is 2. The largest absolute Gasteiger partial charge is 0.472 e. The Balaban J connectivity index is 5.04. The minimum atomic E-state index is -4.46. The van der Waals surface area contributed by atoms with E-state index in [0.29, 0.717) is 17.4 Å². The van der Waals surface area contributed by atoms with Crippen LogP contribution < -0.4 is 5.32 Å². The second-order valence-electron chi connectivity index (χ2n) is 25.0. The molecule has 0 fully saturated rings. The van der Waals surface area contributed by atoms with Crippen LogP contribution in [-0.2, 0) is 27.9 Å². The lowest BCUT2D eigenvalue weighted by molar-refractivity contribution is -0.870. The Kier molecular flexibility index (Phi) is 61.6. The summed E-state index contributed by atoms with van der Waals surface area (Å²) in [5, 5.41) is 3.07. The van der Waals surface area contributed by atoms with Gasteiger partial charge in [0.15, 0.2) is 0 Å². The van der Waals surface area contributed by atoms with Crippen molar-refractivity contribution in [1.82, 2.24) is 5.32 Å². The molecule has 0 saturated heterocycles. The molecule has 3 unspecified atom stereocenters. The predicted octanol–water partition coefficient (Wildman–Crippen LogP) is 22.7. The van der Waals surface area contributed by atoms with Crippen molar-refractivity contribution in [3.8, 4) is 0 Å². The molecule has 0 spiro atoms. The topological polar surface area (TPSA) is 111 Å². The van der Waals surface area contributed by atoms with Crippen molar-refractivity contribution in [3.05, 3.63) is 97.2 Å². The Hall–Kier alpha value is -3.07. The van der Waals surface area contributed by atoms with Crippen LogP contribution in [0.4, 0.5) is 0 Å². The fraction of sp³-hybridized carbons (Fsp3) is 0.760. The maximum Gasteiger partial charge on any atom is 0.472 e. The van der Waals surface area contributed by atoms with Crippen molar-refractivity contribution in [1.29, 1.82) is 0 Å². The summed E-state index contributed by atoms with van der Waals surface area (Å²) in [6.45, 7) is 6.89. The molecule has 3 atom stereocenters. The fourth-order valence-electron chi connectivity index (χ4n) is 10.1. The van der Waals surface area contributed by atoms with Crippen LogP contribution in [0.15, 0.2) is 97.2 Å². The quantitative estimate of drug-likeness (QED) is 0.0205. The van der Waals surface area contributed by atoms with Crippen LogP contribution in [0.3, 0.4) is 0 Å². The van der Waals surface area contributed by atoms with Gasteiger partial charge in [-0.2, -0.15) is 0 Å². The van der Waals surface area contributed by atoms with Gasteiger partial charge < -0.3 is 19.4 Å². The van der Waals surface area contributed by atoms with Gasteiger partial charge in [-0.1, -0.05) is 292 Å². The average Bonchev–Trinajstić information content (AvgIpc) is 3.64. The van der Waals surface area contributed by atoms with Crippen molar-refractivity contribution in [2.75, 3.05) is 40.9 Å². The number of nitrogens with one attached hydrogen (secondary N) is 1. The van der Waals surface area contributed by atoms with Gasteiger partial charge in [0.25, 0.3) is 0 Å². The lowest BCUT2D eigenvalue weighted by atomic mass is 10.0. The standard InChI is InChI=1S/C75H135N2O7P/c1-7-10-13-16-19-22-25-27-29-31-33-35-37-38-40-41-43-45-47-49-52-55-58-61-64-67-74(78)76-72(71-83-85(80,81)82-70-69-77(4,5)6)73(66-63-60-57-54-51-24-21-18-15-12-9-3)84-75(79)68-65-62-59-56-53-50-48-46-44-42-39-36-34-32-30-28-26-23-20-17-14-11-8-2/h10,13,19-20,22-23,27-30,33,35,38,40,63,66,72-73H,7-9,11-12,14-18,21,24-26,31-32,34,36-37,39,41-62,64-65,67-71H2,1-6H3,(H-,76,78,80,81)/p+1/b13-10-,22-19-,23-20-,29-27-,30-28-,35-33-,40-38-,66-63+. The van der Waals surface area contributed by atoms with Gasteiger partial charge in [0.05, 0.1) is 33.8 Å². The molecule has 492 valence electrons. The molecule has 10 heteroatoms. The van der Waals surface area contributed by atoms with Crippen molar-refractivity contribution in [2.45, 2.75) is 328 Å². The fourth-order valence-corrected chi connectivity index (χ4v) is 10.8. The van der Waals surface area contributed by atoms with Crippen molar-refractivity contribution >= 4 is 19.7 Å². The molecule has 0 aliphatic rings. The molecule has 0 rings (SSSR count). The molecule has 0 heterocycles. The average molecular weight is 1210 g/mol. The number of phosphoric ester groups is 1. The van der Waals surface area contributed by atoms with Gasteiger partial charge >= 0.3 is 13.8 Å². The minimum Gasteiger partial charge on any atom is -0.456 e. The number of carbonyl (C=O) groups excluding carboxylic acids is 2. The van der Waals surface area contributed by atoms with Gasteiger partial charge in [-0.3, -0.25) is 18.6 Å². The van der Waals surface area contributed by atoms with E-state index in [4.69, 9.17) is 13.8 Å². The Morgan fingerprint density at radius 2 is 0.753 bits per heavy atom. The molecule has 0 aromatic carbocycles. The molecule has 0 aliphatic heterocycles. The second kappa shape index (κ2) is 63.9. The van der Waals surface area contributed by atoms with E-state index in [2.05, 4.69) is 111 Å². The number of hydrogen-bond acceptors (Lipinski definition) is 6. The number of unbranched alkanes of at least 4 members (excludes halogenated alkanes) is 34. The highest BCUT2D eigenvalue weighted by atomic mass is 31.2. The van der Waals surface area contributed by atoms with E-state index in [1.807, 2.05) is 33.3 Å². The summed E-state index contributed by atoms with van der Waals surface area (Å²) >= 11 is 0. The van der Waals surface area contributed by atoms with Crippen LogP contribution in [0.2, 0.25) is 0 Å². The third-order valence-electron chi connectivity index (χ3n) is 15.5. The summed E-state index contributed by atoms with van der Waals surface area (Å²) in [7, 11) is 1.49. The van der Waals surface area contributed by atoms with Crippen LogP contribution in [0, 0.1) is 0 Å². The number of likely N-dealkylation sites (N-methyl/N-ethyl adjacent to an activating group) is 1. The van der Waals surface area contributed by atoms with E-state index in [-0.39, 0.29) is 31.5 Å². The van der Waals surface area contributed by atoms with E-state index < -0.39 is 20.0 Å². The zero-order valence-corrected chi connectivity index (χ0v) is 57.2. The lowest BCUT2D eigenvalue weighted by Gasteiger charge is -2.27. The smallest absolute Gasteiger partial charge is 0.456 e. The highest BCUT2D eigenvalue weighted by Crippen LogP contribution is 2.43. The number of quaternary nitrogens is 1. The van der Waals surface area contributed by atoms with E-state index in [1.165, 1.54) is 173 Å². The second-order valence-corrected chi connectivity index (χ2v) is 26.5. The number of amides is 1. The van der Waals surface area contributed by atoms with Gasteiger partial charge in [-0.05, 0) is 109 Å². The van der Waals surface area contributed by atoms with E-state index in [1.54, 1.807) is 0 Å². The zero-order chi connectivity index (χ0) is 62.1. The summed E-state index contributed by atoms with van der Waals surface area (Å²) in [4.78, 5) is 37.9. The maximum atomic E-state index is 13.6. The molecular weight excluding hydrogens is 1070 g/mol. The Morgan fingerprint density at radius 1 is 0.424 bits per heavy atom. The van der Waals surface area contributed by atoms with E-state index in [9.17, 15) is 19.0 Å². The molecule has 0 saturated carbocycles. The summed E-state index contributed by atoms with van der Waals surface area (Å²) in [6.07, 6.45) is 87.0. The number of nitrogens with zero attached hydrogens (tertiary/aromatic N) is 1. The summed E-state index contributed by atoms with van der Waals surface area (Å²) in [6, 6.07) is -0.857. The van der Waals surface area contributed by atoms with Crippen molar-refractivity contribution in [2.24, 2.45) is 0 Å². The van der Waals surface area contributed by atoms with Crippen LogP contribution in [0.25, 0.3) is 0 Å².